The van der Waals surface area contributed by atoms with Crippen molar-refractivity contribution >= 4 is 17.7 Å². The number of carbonyl (C=O) groups excluding carboxylic acids is 1. The van der Waals surface area contributed by atoms with Crippen molar-refractivity contribution in [3.8, 4) is 17.2 Å². The van der Waals surface area contributed by atoms with Gasteiger partial charge in [0.15, 0.2) is 11.5 Å². The van der Waals surface area contributed by atoms with Gasteiger partial charge in [0.05, 0.1) is 12.7 Å². The average molecular weight is 492 g/mol. The first-order valence-corrected chi connectivity index (χ1v) is 12.9. The van der Waals surface area contributed by atoms with E-state index < -0.39 is 0 Å². The second-order valence-electron chi connectivity index (χ2n) is 8.70. The molecule has 0 saturated heterocycles. The van der Waals surface area contributed by atoms with Gasteiger partial charge in [-0.15, -0.1) is 11.8 Å². The number of rotatable bonds is 7. The fourth-order valence-electron chi connectivity index (χ4n) is 4.78. The molecule has 0 unspecified atom stereocenters. The number of thioether (sulfide) groups is 1. The molecule has 0 atom stereocenters. The van der Waals surface area contributed by atoms with Gasteiger partial charge in [-0.2, -0.15) is 0 Å². The van der Waals surface area contributed by atoms with Crippen molar-refractivity contribution in [2.75, 3.05) is 26.7 Å². The lowest BCUT2D eigenvalue weighted by Crippen LogP contribution is -2.32. The summed E-state index contributed by atoms with van der Waals surface area (Å²) in [4.78, 5) is 20.9. The molecule has 2 aromatic carbocycles. The first kappa shape index (κ1) is 23.5. The van der Waals surface area contributed by atoms with E-state index in [-0.39, 0.29) is 12.7 Å². The Labute approximate surface area is 209 Å². The van der Waals surface area contributed by atoms with Gasteiger partial charge in [-0.1, -0.05) is 12.1 Å². The number of benzene rings is 2. The zero-order valence-corrected chi connectivity index (χ0v) is 21.0. The number of pyridine rings is 1. The molecule has 1 N–H and O–H groups in total. The molecule has 3 aromatic rings. The lowest BCUT2D eigenvalue weighted by molar-refractivity contribution is 0.0947. The van der Waals surface area contributed by atoms with Gasteiger partial charge in [0.25, 0.3) is 5.91 Å². The van der Waals surface area contributed by atoms with E-state index in [1.165, 1.54) is 11.1 Å². The number of amides is 1. The summed E-state index contributed by atoms with van der Waals surface area (Å²) < 4.78 is 16.6. The standard InChI is InChI=1S/C27H29N3O4S/c1-17-22(13-29-27(31)21-6-4-5-7-25(21)35-3)20-8-9-30(15-19(20)12-28-17)14-18-10-23(32-2)26-24(11-18)33-16-34-26/h4-7,10-12H,8-9,13-16H2,1-3H3,(H,29,31). The van der Waals surface area contributed by atoms with Crippen molar-refractivity contribution in [2.24, 2.45) is 0 Å². The van der Waals surface area contributed by atoms with E-state index in [2.05, 4.69) is 15.2 Å². The highest BCUT2D eigenvalue weighted by molar-refractivity contribution is 7.98. The third-order valence-corrected chi connectivity index (χ3v) is 7.37. The average Bonchev–Trinajstić information content (AvgIpc) is 3.36. The van der Waals surface area contributed by atoms with E-state index >= 15 is 0 Å². The molecule has 2 aliphatic rings. The molecule has 0 aliphatic carbocycles. The molecule has 0 bridgehead atoms. The van der Waals surface area contributed by atoms with Crippen molar-refractivity contribution in [3.05, 3.63) is 76.1 Å². The van der Waals surface area contributed by atoms with Crippen LogP contribution in [0.15, 0.2) is 47.5 Å². The summed E-state index contributed by atoms with van der Waals surface area (Å²) in [6.07, 6.45) is 4.87. The summed E-state index contributed by atoms with van der Waals surface area (Å²) in [5.41, 5.74) is 6.44. The van der Waals surface area contributed by atoms with Crippen molar-refractivity contribution in [1.82, 2.24) is 15.2 Å². The second kappa shape index (κ2) is 10.2. The molecule has 2 aliphatic heterocycles. The van der Waals surface area contributed by atoms with E-state index in [0.29, 0.717) is 23.6 Å². The van der Waals surface area contributed by atoms with Gasteiger partial charge in [0.1, 0.15) is 0 Å². The van der Waals surface area contributed by atoms with Gasteiger partial charge >= 0.3 is 0 Å². The van der Waals surface area contributed by atoms with Gasteiger partial charge in [0, 0.05) is 43.0 Å². The minimum absolute atomic E-state index is 0.0545. The predicted octanol–water partition coefficient (Wildman–Crippen LogP) is 4.34. The van der Waals surface area contributed by atoms with E-state index in [1.54, 1.807) is 18.9 Å². The van der Waals surface area contributed by atoms with E-state index in [9.17, 15) is 4.79 Å². The summed E-state index contributed by atoms with van der Waals surface area (Å²) in [6.45, 7) is 5.21. The number of nitrogens with one attached hydrogen (secondary N) is 1. The Balaban J connectivity index is 1.30. The fraction of sp³-hybridized carbons (Fsp3) is 0.333. The fourth-order valence-corrected chi connectivity index (χ4v) is 5.37. The highest BCUT2D eigenvalue weighted by Gasteiger charge is 2.24. The number of ether oxygens (including phenoxy) is 3. The van der Waals surface area contributed by atoms with Crippen molar-refractivity contribution in [2.45, 2.75) is 37.9 Å². The molecule has 35 heavy (non-hydrogen) atoms. The highest BCUT2D eigenvalue weighted by Crippen LogP contribution is 2.42. The van der Waals surface area contributed by atoms with Crippen molar-refractivity contribution in [3.63, 3.8) is 0 Å². The molecular formula is C27H29N3O4S. The molecule has 0 fully saturated rings. The van der Waals surface area contributed by atoms with Crippen LogP contribution in [0, 0.1) is 6.92 Å². The van der Waals surface area contributed by atoms with Crippen LogP contribution in [-0.2, 0) is 26.1 Å². The predicted molar refractivity (Wildman–Crippen MR) is 135 cm³/mol. The monoisotopic (exact) mass is 491 g/mol. The van der Waals surface area contributed by atoms with E-state index in [1.807, 2.05) is 55.8 Å². The molecule has 8 heteroatoms. The molecule has 182 valence electrons. The third kappa shape index (κ3) is 4.81. The molecule has 3 heterocycles. The summed E-state index contributed by atoms with van der Waals surface area (Å²) in [5, 5.41) is 3.12. The number of fused-ring (bicyclic) bond motifs is 2. The van der Waals surface area contributed by atoms with Crippen LogP contribution in [0.5, 0.6) is 17.2 Å². The first-order chi connectivity index (χ1) is 17.1. The maximum absolute atomic E-state index is 12.9. The molecule has 5 rings (SSSR count). The first-order valence-electron chi connectivity index (χ1n) is 11.6. The Morgan fingerprint density at radius 1 is 1.26 bits per heavy atom. The molecule has 0 radical (unpaired) electrons. The zero-order chi connectivity index (χ0) is 24.4. The van der Waals surface area contributed by atoms with Crippen LogP contribution in [0.25, 0.3) is 0 Å². The zero-order valence-electron chi connectivity index (χ0n) is 20.2. The smallest absolute Gasteiger partial charge is 0.252 e. The Bertz CT molecular complexity index is 1260. The molecule has 1 aromatic heterocycles. The van der Waals surface area contributed by atoms with Gasteiger partial charge in [-0.05, 0) is 66.1 Å². The Kier molecular flexibility index (Phi) is 6.83. The van der Waals surface area contributed by atoms with Crippen molar-refractivity contribution < 1.29 is 19.0 Å². The number of aryl methyl sites for hydroxylation is 1. The van der Waals surface area contributed by atoms with Crippen LogP contribution < -0.4 is 19.5 Å². The lowest BCUT2D eigenvalue weighted by Gasteiger charge is -2.30. The molecule has 0 spiro atoms. The lowest BCUT2D eigenvalue weighted by atomic mass is 9.94. The number of hydrogen-bond acceptors (Lipinski definition) is 7. The number of hydrogen-bond donors (Lipinski definition) is 1. The summed E-state index contributed by atoms with van der Waals surface area (Å²) in [5.74, 6) is 2.05. The summed E-state index contributed by atoms with van der Waals surface area (Å²) in [6, 6.07) is 11.7. The highest BCUT2D eigenvalue weighted by atomic mass is 32.2. The minimum atomic E-state index is -0.0545. The van der Waals surface area contributed by atoms with E-state index in [4.69, 9.17) is 14.2 Å². The molecule has 1 amide bonds. The summed E-state index contributed by atoms with van der Waals surface area (Å²) in [7, 11) is 1.65. The number of nitrogens with zero attached hydrogens (tertiary/aromatic N) is 2. The number of carbonyl (C=O) groups is 1. The van der Waals surface area contributed by atoms with Crippen LogP contribution in [0.2, 0.25) is 0 Å². The maximum Gasteiger partial charge on any atom is 0.252 e. The molecule has 7 nitrogen and oxygen atoms in total. The van der Waals surface area contributed by atoms with Crippen LogP contribution in [-0.4, -0.2) is 42.5 Å². The Morgan fingerprint density at radius 3 is 2.94 bits per heavy atom. The topological polar surface area (TPSA) is 72.9 Å². The summed E-state index contributed by atoms with van der Waals surface area (Å²) >= 11 is 1.58. The van der Waals surface area contributed by atoms with E-state index in [0.717, 1.165) is 53.5 Å². The SMILES string of the molecule is COc1cc(CN2CCc3c(cnc(C)c3CNC(=O)c3ccccc3SC)C2)cc2c1OCO2. The van der Waals surface area contributed by atoms with Crippen LogP contribution in [0.3, 0.4) is 0 Å². The quantitative estimate of drug-likeness (QED) is 0.493. The minimum Gasteiger partial charge on any atom is -0.493 e. The third-order valence-electron chi connectivity index (χ3n) is 6.58. The van der Waals surface area contributed by atoms with Crippen LogP contribution in [0.1, 0.15) is 38.3 Å². The van der Waals surface area contributed by atoms with Crippen LogP contribution >= 0.6 is 11.8 Å². The van der Waals surface area contributed by atoms with Gasteiger partial charge in [-0.3, -0.25) is 14.7 Å². The van der Waals surface area contributed by atoms with Crippen LogP contribution in [0.4, 0.5) is 0 Å². The molecular weight excluding hydrogens is 462 g/mol. The van der Waals surface area contributed by atoms with Gasteiger partial charge in [0.2, 0.25) is 12.5 Å². The Hall–Kier alpha value is -3.23. The van der Waals surface area contributed by atoms with Crippen molar-refractivity contribution in [1.29, 1.82) is 0 Å². The van der Waals surface area contributed by atoms with Gasteiger partial charge in [-0.25, -0.2) is 0 Å². The maximum atomic E-state index is 12.9. The molecule has 0 saturated carbocycles. The normalized spacial score (nSPS) is 14.5. The Morgan fingerprint density at radius 2 is 2.11 bits per heavy atom. The number of aromatic nitrogens is 1. The second-order valence-corrected chi connectivity index (χ2v) is 9.55. The van der Waals surface area contributed by atoms with Gasteiger partial charge < -0.3 is 19.5 Å². The number of methoxy groups -OCH3 is 1. The largest absolute Gasteiger partial charge is 0.493 e.